The lowest BCUT2D eigenvalue weighted by atomic mass is 9.91. The molecule has 76 heavy (non-hydrogen) atoms. The van der Waals surface area contributed by atoms with Crippen LogP contribution >= 0.6 is 11.3 Å². The van der Waals surface area contributed by atoms with Gasteiger partial charge in [0.25, 0.3) is 0 Å². The summed E-state index contributed by atoms with van der Waals surface area (Å²) >= 11 is 1.87. The van der Waals surface area contributed by atoms with Gasteiger partial charge >= 0.3 is 0 Å². The van der Waals surface area contributed by atoms with Crippen LogP contribution in [0.5, 0.6) is 0 Å². The van der Waals surface area contributed by atoms with Crippen LogP contribution < -0.4 is 4.90 Å². The Kier molecular flexibility index (Phi) is 10.4. The van der Waals surface area contributed by atoms with Gasteiger partial charge in [-0.3, -0.25) is 0 Å². The SMILES string of the molecule is c1ccc(-c2ccc3c4cc(-c5cc(-c6ccc7c(c6)c6ccccc6n7-c6cccc7sc8ccccc8c67)cc(-c6ccccc6N(c6ccccc6)c6ccccc6)c5)ccc4n(-c4ccccc4)c3c2)cc1. The van der Waals surface area contributed by atoms with Crippen molar-refractivity contribution in [2.24, 2.45) is 0 Å². The maximum atomic E-state index is 2.49. The van der Waals surface area contributed by atoms with Gasteiger partial charge in [0, 0.05) is 64.3 Å². The Balaban J connectivity index is 0.960. The Morgan fingerprint density at radius 3 is 1.50 bits per heavy atom. The highest BCUT2D eigenvalue weighted by atomic mass is 32.1. The highest BCUT2D eigenvalue weighted by molar-refractivity contribution is 7.25. The van der Waals surface area contributed by atoms with Crippen LogP contribution in [0.25, 0.3) is 120 Å². The van der Waals surface area contributed by atoms with Gasteiger partial charge in [-0.2, -0.15) is 0 Å². The molecule has 15 aromatic rings. The van der Waals surface area contributed by atoms with E-state index in [0.29, 0.717) is 0 Å². The van der Waals surface area contributed by atoms with Crippen molar-refractivity contribution in [1.82, 2.24) is 9.13 Å². The minimum absolute atomic E-state index is 1.10. The van der Waals surface area contributed by atoms with Crippen LogP contribution in [-0.2, 0) is 0 Å². The molecule has 3 heterocycles. The summed E-state index contributed by atoms with van der Waals surface area (Å²) in [5.41, 5.74) is 19.7. The molecular formula is C72H47N3S. The topological polar surface area (TPSA) is 13.1 Å². The number of aromatic nitrogens is 2. The normalized spacial score (nSPS) is 11.7. The van der Waals surface area contributed by atoms with E-state index in [4.69, 9.17) is 0 Å². The van der Waals surface area contributed by atoms with Gasteiger partial charge < -0.3 is 14.0 Å². The second kappa shape index (κ2) is 18.0. The van der Waals surface area contributed by atoms with E-state index in [2.05, 4.69) is 299 Å². The van der Waals surface area contributed by atoms with Gasteiger partial charge in [0.2, 0.25) is 0 Å². The predicted molar refractivity (Wildman–Crippen MR) is 324 cm³/mol. The molecular weight excluding hydrogens is 939 g/mol. The lowest BCUT2D eigenvalue weighted by Gasteiger charge is -2.28. The highest BCUT2D eigenvalue weighted by Gasteiger charge is 2.22. The average Bonchev–Trinajstić information content (AvgIpc) is 4.19. The summed E-state index contributed by atoms with van der Waals surface area (Å²) in [7, 11) is 0. The number of thiophene rings is 1. The molecule has 3 nitrogen and oxygen atoms in total. The number of rotatable bonds is 9. The Bertz CT molecular complexity index is 4640. The molecule has 0 amide bonds. The van der Waals surface area contributed by atoms with Gasteiger partial charge in [-0.05, 0) is 154 Å². The summed E-state index contributed by atoms with van der Waals surface area (Å²) in [5, 5.41) is 7.48. The number of hydrogen-bond acceptors (Lipinski definition) is 2. The van der Waals surface area contributed by atoms with Crippen molar-refractivity contribution in [2.75, 3.05) is 4.90 Å². The molecule has 0 aliphatic carbocycles. The summed E-state index contributed by atoms with van der Waals surface area (Å²) in [6.07, 6.45) is 0. The Labute approximate surface area is 444 Å². The number of benzene rings is 12. The molecule has 0 N–H and O–H groups in total. The van der Waals surface area contributed by atoms with Crippen LogP contribution in [0.1, 0.15) is 0 Å². The molecule has 4 heteroatoms. The van der Waals surface area contributed by atoms with Crippen LogP contribution in [0.4, 0.5) is 17.1 Å². The van der Waals surface area contributed by atoms with E-state index in [0.717, 1.165) is 56.1 Å². The van der Waals surface area contributed by atoms with Crippen LogP contribution in [0.3, 0.4) is 0 Å². The molecule has 0 aliphatic heterocycles. The quantitative estimate of drug-likeness (QED) is 0.140. The molecule has 0 spiro atoms. The molecule has 15 rings (SSSR count). The van der Waals surface area contributed by atoms with Crippen molar-refractivity contribution >= 4 is 92.2 Å². The fourth-order valence-corrected chi connectivity index (χ4v) is 13.0. The average molecular weight is 986 g/mol. The van der Waals surface area contributed by atoms with Crippen molar-refractivity contribution < 1.29 is 0 Å². The third-order valence-corrected chi connectivity index (χ3v) is 16.4. The Morgan fingerprint density at radius 2 is 0.789 bits per heavy atom. The molecule has 0 saturated heterocycles. The van der Waals surface area contributed by atoms with E-state index in [1.165, 1.54) is 80.6 Å². The van der Waals surface area contributed by atoms with Crippen LogP contribution in [0, 0.1) is 0 Å². The van der Waals surface area contributed by atoms with Crippen molar-refractivity contribution in [3.05, 3.63) is 285 Å². The zero-order chi connectivity index (χ0) is 50.1. The second-order valence-electron chi connectivity index (χ2n) is 19.7. The van der Waals surface area contributed by atoms with Gasteiger partial charge in [0.05, 0.1) is 33.4 Å². The largest absolute Gasteiger partial charge is 0.310 e. The number of nitrogens with zero attached hydrogens (tertiary/aromatic N) is 3. The van der Waals surface area contributed by atoms with Crippen molar-refractivity contribution in [3.8, 4) is 55.9 Å². The third kappa shape index (κ3) is 7.26. The number of hydrogen-bond donors (Lipinski definition) is 0. The molecule has 0 atom stereocenters. The van der Waals surface area contributed by atoms with Gasteiger partial charge in [-0.25, -0.2) is 0 Å². The summed E-state index contributed by atoms with van der Waals surface area (Å²) in [5.74, 6) is 0. The molecule has 0 aliphatic rings. The van der Waals surface area contributed by atoms with E-state index in [-0.39, 0.29) is 0 Å². The minimum atomic E-state index is 1.10. The molecule has 12 aromatic carbocycles. The molecule has 0 radical (unpaired) electrons. The second-order valence-corrected chi connectivity index (χ2v) is 20.7. The lowest BCUT2D eigenvalue weighted by molar-refractivity contribution is 1.18. The molecule has 356 valence electrons. The number of para-hydroxylation sites is 5. The fraction of sp³-hybridized carbons (Fsp3) is 0. The lowest BCUT2D eigenvalue weighted by Crippen LogP contribution is -2.10. The van der Waals surface area contributed by atoms with E-state index in [1.54, 1.807) is 0 Å². The van der Waals surface area contributed by atoms with Crippen molar-refractivity contribution in [3.63, 3.8) is 0 Å². The molecule has 3 aromatic heterocycles. The molecule has 0 bridgehead atoms. The maximum absolute atomic E-state index is 2.49. The highest BCUT2D eigenvalue weighted by Crippen LogP contribution is 2.46. The Hall–Kier alpha value is -9.74. The van der Waals surface area contributed by atoms with E-state index >= 15 is 0 Å². The van der Waals surface area contributed by atoms with Crippen molar-refractivity contribution in [1.29, 1.82) is 0 Å². The van der Waals surface area contributed by atoms with E-state index in [1.807, 2.05) is 11.3 Å². The standard InChI is InChI=1S/C72H47N3S/c1-5-20-48(21-6-1)51-36-39-60-63-46-49(37-40-66(63)74(69(60)47-51)57-26-11-4-12-27-57)52-42-53(44-54(43-52)58-28-13-16-31-64(58)73(55-22-7-2-8-23-55)56-24-9-3-10-25-56)50-38-41-67-62(45-50)59-29-14-17-32-65(59)75(67)68-33-19-35-71-72(68)61-30-15-18-34-70(61)76-71/h1-47H. The molecule has 0 fully saturated rings. The molecule has 0 unspecified atom stereocenters. The first-order valence-corrected chi connectivity index (χ1v) is 26.8. The summed E-state index contributed by atoms with van der Waals surface area (Å²) < 4.78 is 7.51. The first kappa shape index (κ1) is 43.8. The maximum Gasteiger partial charge on any atom is 0.0555 e. The van der Waals surface area contributed by atoms with E-state index < -0.39 is 0 Å². The molecule has 0 saturated carbocycles. The van der Waals surface area contributed by atoms with Gasteiger partial charge in [-0.1, -0.05) is 170 Å². The Morgan fingerprint density at radius 1 is 0.276 bits per heavy atom. The first-order chi connectivity index (χ1) is 37.7. The zero-order valence-electron chi connectivity index (χ0n) is 41.4. The summed E-state index contributed by atoms with van der Waals surface area (Å²) in [6.45, 7) is 0. The summed E-state index contributed by atoms with van der Waals surface area (Å²) in [4.78, 5) is 2.38. The van der Waals surface area contributed by atoms with E-state index in [9.17, 15) is 0 Å². The predicted octanol–water partition coefficient (Wildman–Crippen LogP) is 20.4. The first-order valence-electron chi connectivity index (χ1n) is 26.0. The third-order valence-electron chi connectivity index (χ3n) is 15.3. The van der Waals surface area contributed by atoms with Gasteiger partial charge in [0.15, 0.2) is 0 Å². The van der Waals surface area contributed by atoms with Gasteiger partial charge in [-0.15, -0.1) is 11.3 Å². The minimum Gasteiger partial charge on any atom is -0.310 e. The van der Waals surface area contributed by atoms with Crippen LogP contribution in [-0.4, -0.2) is 9.13 Å². The smallest absolute Gasteiger partial charge is 0.0555 e. The summed E-state index contributed by atoms with van der Waals surface area (Å²) in [6, 6.07) is 105. The number of fused-ring (bicyclic) bond motifs is 9. The van der Waals surface area contributed by atoms with Crippen molar-refractivity contribution in [2.45, 2.75) is 0 Å². The number of anilines is 3. The zero-order valence-corrected chi connectivity index (χ0v) is 42.2. The van der Waals surface area contributed by atoms with Crippen LogP contribution in [0.15, 0.2) is 285 Å². The monoisotopic (exact) mass is 985 g/mol. The van der Waals surface area contributed by atoms with Crippen LogP contribution in [0.2, 0.25) is 0 Å². The van der Waals surface area contributed by atoms with Gasteiger partial charge in [0.1, 0.15) is 0 Å². The fourth-order valence-electron chi connectivity index (χ4n) is 11.8.